The highest BCUT2D eigenvalue weighted by Crippen LogP contribution is 2.06. The van der Waals surface area contributed by atoms with Gasteiger partial charge in [0.1, 0.15) is 5.82 Å². The van der Waals surface area contributed by atoms with Crippen LogP contribution >= 0.6 is 0 Å². The molecule has 0 radical (unpaired) electrons. The third-order valence-electron chi connectivity index (χ3n) is 1.52. The van der Waals surface area contributed by atoms with Crippen molar-refractivity contribution in [2.24, 2.45) is 0 Å². The molecule has 0 aromatic carbocycles. The fourth-order valence-electron chi connectivity index (χ4n) is 0.738. The first-order valence-electron chi connectivity index (χ1n) is 3.53. The second-order valence-electron chi connectivity index (χ2n) is 2.29. The zero-order valence-corrected chi connectivity index (χ0v) is 6.78. The van der Waals surface area contributed by atoms with E-state index in [0.29, 0.717) is 5.95 Å². The van der Waals surface area contributed by atoms with Gasteiger partial charge in [0.05, 0.1) is 0 Å². The Labute approximate surface area is 66.1 Å². The van der Waals surface area contributed by atoms with Crippen LogP contribution in [0.3, 0.4) is 0 Å². The van der Waals surface area contributed by atoms with E-state index in [1.54, 1.807) is 6.20 Å². The summed E-state index contributed by atoms with van der Waals surface area (Å²) in [7, 11) is 1.96. The van der Waals surface area contributed by atoms with Crippen molar-refractivity contribution in [3.05, 3.63) is 12.3 Å². The third-order valence-corrected chi connectivity index (χ3v) is 1.52. The van der Waals surface area contributed by atoms with Crippen molar-refractivity contribution < 1.29 is 0 Å². The van der Waals surface area contributed by atoms with Gasteiger partial charge in [0.15, 0.2) is 0 Å². The number of hydrogen-bond donors (Lipinski definition) is 1. The predicted octanol–water partition coefficient (Wildman–Crippen LogP) is 0.515. The van der Waals surface area contributed by atoms with E-state index < -0.39 is 0 Å². The van der Waals surface area contributed by atoms with E-state index in [9.17, 15) is 0 Å². The molecule has 0 atom stereocenters. The van der Waals surface area contributed by atoms with Gasteiger partial charge in [-0.2, -0.15) is 4.98 Å². The fourth-order valence-corrected chi connectivity index (χ4v) is 0.738. The van der Waals surface area contributed by atoms with Crippen molar-refractivity contribution in [1.29, 1.82) is 0 Å². The van der Waals surface area contributed by atoms with E-state index in [-0.39, 0.29) is 0 Å². The standard InChI is InChI=1S/C7H12N4/c1-3-11(2)6-4-5-9-7(8)10-6/h4-5H,3H2,1-2H3,(H2,8,9,10). The van der Waals surface area contributed by atoms with E-state index >= 15 is 0 Å². The monoisotopic (exact) mass is 152 g/mol. The Morgan fingerprint density at radius 1 is 1.64 bits per heavy atom. The number of nitrogen functional groups attached to an aromatic ring is 1. The first-order chi connectivity index (χ1) is 5.24. The van der Waals surface area contributed by atoms with E-state index in [0.717, 1.165) is 12.4 Å². The Balaban J connectivity index is 2.86. The van der Waals surface area contributed by atoms with Gasteiger partial charge >= 0.3 is 0 Å². The van der Waals surface area contributed by atoms with Crippen LogP contribution in [0.4, 0.5) is 11.8 Å². The van der Waals surface area contributed by atoms with Gasteiger partial charge in [-0.05, 0) is 13.0 Å². The lowest BCUT2D eigenvalue weighted by Gasteiger charge is -2.14. The van der Waals surface area contributed by atoms with Crippen molar-refractivity contribution in [1.82, 2.24) is 9.97 Å². The molecule has 1 aromatic rings. The maximum atomic E-state index is 5.40. The summed E-state index contributed by atoms with van der Waals surface area (Å²) in [4.78, 5) is 9.83. The van der Waals surface area contributed by atoms with Crippen molar-refractivity contribution in [3.8, 4) is 0 Å². The molecule has 1 aromatic heterocycles. The molecule has 0 spiro atoms. The minimum atomic E-state index is 0.322. The second-order valence-corrected chi connectivity index (χ2v) is 2.29. The molecule has 11 heavy (non-hydrogen) atoms. The SMILES string of the molecule is CCN(C)c1ccnc(N)n1. The van der Waals surface area contributed by atoms with E-state index in [2.05, 4.69) is 16.9 Å². The van der Waals surface area contributed by atoms with Gasteiger partial charge in [-0.1, -0.05) is 0 Å². The van der Waals surface area contributed by atoms with Gasteiger partial charge < -0.3 is 10.6 Å². The van der Waals surface area contributed by atoms with Crippen LogP contribution in [0, 0.1) is 0 Å². The van der Waals surface area contributed by atoms with Gasteiger partial charge in [-0.25, -0.2) is 4.98 Å². The minimum absolute atomic E-state index is 0.322. The van der Waals surface area contributed by atoms with E-state index in [1.807, 2.05) is 18.0 Å². The van der Waals surface area contributed by atoms with Crippen LogP contribution < -0.4 is 10.6 Å². The maximum Gasteiger partial charge on any atom is 0.221 e. The average molecular weight is 152 g/mol. The summed E-state index contributed by atoms with van der Waals surface area (Å²) >= 11 is 0. The van der Waals surface area contributed by atoms with Crippen LogP contribution in [0.5, 0.6) is 0 Å². The molecule has 0 saturated carbocycles. The van der Waals surface area contributed by atoms with Crippen molar-refractivity contribution in [2.45, 2.75) is 6.92 Å². The molecule has 60 valence electrons. The van der Waals surface area contributed by atoms with Crippen LogP contribution in [-0.4, -0.2) is 23.6 Å². The zero-order valence-electron chi connectivity index (χ0n) is 6.78. The van der Waals surface area contributed by atoms with Crippen molar-refractivity contribution in [3.63, 3.8) is 0 Å². The lowest BCUT2D eigenvalue weighted by molar-refractivity contribution is 0.932. The first kappa shape index (κ1) is 7.78. The summed E-state index contributed by atoms with van der Waals surface area (Å²) in [5, 5.41) is 0. The number of nitrogens with zero attached hydrogens (tertiary/aromatic N) is 3. The van der Waals surface area contributed by atoms with E-state index in [4.69, 9.17) is 5.73 Å². The summed E-state index contributed by atoms with van der Waals surface area (Å²) in [5.74, 6) is 1.18. The molecule has 4 nitrogen and oxygen atoms in total. The molecule has 0 aliphatic carbocycles. The largest absolute Gasteiger partial charge is 0.368 e. The summed E-state index contributed by atoms with van der Waals surface area (Å²) in [6, 6.07) is 1.83. The minimum Gasteiger partial charge on any atom is -0.368 e. The van der Waals surface area contributed by atoms with Gasteiger partial charge in [-0.3, -0.25) is 0 Å². The van der Waals surface area contributed by atoms with Gasteiger partial charge in [0.25, 0.3) is 0 Å². The molecule has 0 amide bonds. The Bertz CT molecular complexity index is 236. The van der Waals surface area contributed by atoms with Gasteiger partial charge in [-0.15, -0.1) is 0 Å². The highest BCUT2D eigenvalue weighted by Gasteiger charge is 1.98. The third kappa shape index (κ3) is 1.80. The number of rotatable bonds is 2. The van der Waals surface area contributed by atoms with Crippen LogP contribution in [0.15, 0.2) is 12.3 Å². The van der Waals surface area contributed by atoms with Gasteiger partial charge in [0.2, 0.25) is 5.95 Å². The molecule has 1 rings (SSSR count). The van der Waals surface area contributed by atoms with Crippen molar-refractivity contribution >= 4 is 11.8 Å². The lowest BCUT2D eigenvalue weighted by Crippen LogP contribution is -2.17. The first-order valence-corrected chi connectivity index (χ1v) is 3.53. The number of hydrogen-bond acceptors (Lipinski definition) is 4. The predicted molar refractivity (Wildman–Crippen MR) is 45.4 cm³/mol. The van der Waals surface area contributed by atoms with Gasteiger partial charge in [0, 0.05) is 19.8 Å². The summed E-state index contributed by atoms with van der Waals surface area (Å²) in [6.07, 6.45) is 1.66. The molecule has 0 fully saturated rings. The topological polar surface area (TPSA) is 55.0 Å². The average Bonchev–Trinajstić information content (AvgIpc) is 2.03. The Morgan fingerprint density at radius 2 is 2.36 bits per heavy atom. The van der Waals surface area contributed by atoms with Crippen LogP contribution in [-0.2, 0) is 0 Å². The number of anilines is 2. The second kappa shape index (κ2) is 3.18. The summed E-state index contributed by atoms with van der Waals surface area (Å²) in [5.41, 5.74) is 5.40. The fraction of sp³-hybridized carbons (Fsp3) is 0.429. The Kier molecular flexibility index (Phi) is 2.25. The Hall–Kier alpha value is -1.32. The molecule has 1 heterocycles. The smallest absolute Gasteiger partial charge is 0.221 e. The number of nitrogens with two attached hydrogens (primary N) is 1. The van der Waals surface area contributed by atoms with Crippen LogP contribution in [0.2, 0.25) is 0 Å². The van der Waals surface area contributed by atoms with E-state index in [1.165, 1.54) is 0 Å². The summed E-state index contributed by atoms with van der Waals surface area (Å²) in [6.45, 7) is 2.97. The molecule has 0 aliphatic rings. The molecule has 0 saturated heterocycles. The maximum absolute atomic E-state index is 5.40. The highest BCUT2D eigenvalue weighted by atomic mass is 15.2. The molecule has 0 bridgehead atoms. The zero-order chi connectivity index (χ0) is 8.27. The normalized spacial score (nSPS) is 9.64. The summed E-state index contributed by atoms with van der Waals surface area (Å²) < 4.78 is 0. The Morgan fingerprint density at radius 3 is 2.91 bits per heavy atom. The van der Waals surface area contributed by atoms with Crippen LogP contribution in [0.1, 0.15) is 6.92 Å². The molecule has 4 heteroatoms. The molecular formula is C7H12N4. The van der Waals surface area contributed by atoms with Crippen molar-refractivity contribution in [2.75, 3.05) is 24.2 Å². The number of aromatic nitrogens is 2. The molecule has 0 unspecified atom stereocenters. The molecule has 0 aliphatic heterocycles. The quantitative estimate of drug-likeness (QED) is 0.671. The highest BCUT2D eigenvalue weighted by molar-refractivity contribution is 5.39. The molecular weight excluding hydrogens is 140 g/mol. The molecule has 2 N–H and O–H groups in total. The van der Waals surface area contributed by atoms with Crippen LogP contribution in [0.25, 0.3) is 0 Å². The lowest BCUT2D eigenvalue weighted by atomic mass is 10.5.